The van der Waals surface area contributed by atoms with Crippen LogP contribution in [0.4, 0.5) is 0 Å². The van der Waals surface area contributed by atoms with Crippen molar-refractivity contribution in [1.82, 2.24) is 26.3 Å². The minimum Gasteiger partial charge on any atom is -0.352 e. The Morgan fingerprint density at radius 1 is 0.420 bits per heavy atom. The first kappa shape index (κ1) is 36.0. The monoisotopic (exact) mass is 673 g/mol. The Balaban J connectivity index is 0.000000194. The number of nitrogens with zero attached hydrogens (tertiary/aromatic N) is 1. The summed E-state index contributed by atoms with van der Waals surface area (Å²) in [5.41, 5.74) is 7.42. The summed E-state index contributed by atoms with van der Waals surface area (Å²) >= 11 is 0. The van der Waals surface area contributed by atoms with Crippen molar-refractivity contribution in [2.75, 3.05) is 0 Å². The molecule has 0 aliphatic carbocycles. The van der Waals surface area contributed by atoms with Crippen LogP contribution in [0, 0.1) is 0 Å². The number of benzene rings is 3. The predicted octanol–water partition coefficient (Wildman–Crippen LogP) is 6.09. The number of fused-ring (bicyclic) bond motifs is 22. The molecule has 9 heteroatoms. The lowest BCUT2D eigenvalue weighted by Gasteiger charge is -2.10. The smallest absolute Gasteiger partial charge is 0.270 e. The molecule has 0 saturated heterocycles. The van der Waals surface area contributed by atoms with Crippen LogP contribution in [0.15, 0.2) is 91.0 Å². The minimum absolute atomic E-state index is 0.0423. The molecule has 4 aliphatic rings. The Labute approximate surface area is 294 Å². The minimum atomic E-state index is -0.153. The maximum absolute atomic E-state index is 12.4. The highest BCUT2D eigenvalue weighted by molar-refractivity contribution is 5.94. The maximum atomic E-state index is 12.4. The number of nitrogens with one attached hydrogen (secondary N) is 4. The van der Waals surface area contributed by atoms with E-state index in [4.69, 9.17) is 0 Å². The molecule has 8 bridgehead atoms. The number of hydrogen-bond donors (Lipinski definition) is 4. The largest absolute Gasteiger partial charge is 0.352 e. The summed E-state index contributed by atoms with van der Waals surface area (Å²) in [5.74, 6) is 0.00986. The van der Waals surface area contributed by atoms with Gasteiger partial charge in [0.05, 0.1) is 0 Å². The zero-order valence-electron chi connectivity index (χ0n) is 28.6. The van der Waals surface area contributed by atoms with Crippen molar-refractivity contribution in [2.45, 2.75) is 90.4 Å². The summed E-state index contributed by atoms with van der Waals surface area (Å²) in [5, 5.41) is 11.8. The molecule has 5 heterocycles. The molecule has 0 atom stereocenters. The van der Waals surface area contributed by atoms with Gasteiger partial charge in [0.15, 0.2) is 0 Å². The fourth-order valence-corrected chi connectivity index (χ4v) is 5.86. The Morgan fingerprint density at radius 2 is 0.900 bits per heavy atom. The molecule has 0 radical (unpaired) electrons. The molecule has 1 aromatic heterocycles. The second-order valence-corrected chi connectivity index (χ2v) is 12.9. The lowest BCUT2D eigenvalue weighted by Crippen LogP contribution is -2.24. The third-order valence-corrected chi connectivity index (χ3v) is 8.87. The second-order valence-electron chi connectivity index (χ2n) is 12.9. The zero-order valence-corrected chi connectivity index (χ0v) is 28.6. The quantitative estimate of drug-likeness (QED) is 0.180. The summed E-state index contributed by atoms with van der Waals surface area (Å²) < 4.78 is 0. The predicted molar refractivity (Wildman–Crippen MR) is 194 cm³/mol. The number of rotatable bonds is 0. The van der Waals surface area contributed by atoms with E-state index in [0.29, 0.717) is 50.3 Å². The van der Waals surface area contributed by atoms with Gasteiger partial charge in [0.2, 0.25) is 11.8 Å². The molecule has 8 rings (SSSR count). The highest BCUT2D eigenvalue weighted by Crippen LogP contribution is 2.13. The Kier molecular flexibility index (Phi) is 13.7. The average molecular weight is 674 g/mol. The second kappa shape index (κ2) is 19.0. The summed E-state index contributed by atoms with van der Waals surface area (Å²) in [6, 6.07) is 29.2. The van der Waals surface area contributed by atoms with Crippen LogP contribution >= 0.6 is 0 Å². The fraction of sp³-hybridized carbons (Fsp3) is 0.341. The first-order valence-corrected chi connectivity index (χ1v) is 17.7. The summed E-state index contributed by atoms with van der Waals surface area (Å²) in [4.78, 5) is 52.9. The summed E-state index contributed by atoms with van der Waals surface area (Å²) in [6.07, 6.45) is 8.61. The van der Waals surface area contributed by atoms with Gasteiger partial charge in [-0.15, -0.1) is 0 Å². The van der Waals surface area contributed by atoms with Crippen LogP contribution in [-0.2, 0) is 48.6 Å². The van der Waals surface area contributed by atoms with Crippen molar-refractivity contribution in [1.29, 1.82) is 0 Å². The van der Waals surface area contributed by atoms with Gasteiger partial charge in [-0.25, -0.2) is 4.98 Å². The fourth-order valence-electron chi connectivity index (χ4n) is 5.86. The van der Waals surface area contributed by atoms with E-state index in [9.17, 15) is 19.2 Å². The average Bonchev–Trinajstić information content (AvgIpc) is 3.14. The van der Waals surface area contributed by atoms with E-state index in [1.807, 2.05) is 78.9 Å². The van der Waals surface area contributed by atoms with Gasteiger partial charge in [-0.1, -0.05) is 79.6 Å². The molecule has 0 unspecified atom stereocenters. The summed E-state index contributed by atoms with van der Waals surface area (Å²) in [7, 11) is 0. The molecule has 0 spiro atoms. The third kappa shape index (κ3) is 12.0. The molecule has 260 valence electrons. The number of aromatic nitrogens is 1. The number of aryl methyl sites for hydroxylation is 2. The number of carbonyl (C=O) groups is 4. The van der Waals surface area contributed by atoms with Crippen molar-refractivity contribution in [2.24, 2.45) is 0 Å². The molecule has 0 saturated carbocycles. The van der Waals surface area contributed by atoms with Gasteiger partial charge >= 0.3 is 0 Å². The lowest BCUT2D eigenvalue weighted by atomic mass is 10.0. The van der Waals surface area contributed by atoms with Gasteiger partial charge in [-0.2, -0.15) is 0 Å². The zero-order chi connectivity index (χ0) is 35.0. The van der Waals surface area contributed by atoms with Gasteiger partial charge in [-0.3, -0.25) is 19.2 Å². The van der Waals surface area contributed by atoms with Crippen LogP contribution < -0.4 is 21.3 Å². The van der Waals surface area contributed by atoms with Gasteiger partial charge in [-0.05, 0) is 90.6 Å². The highest BCUT2D eigenvalue weighted by atomic mass is 16.2. The molecule has 4 N–H and O–H groups in total. The van der Waals surface area contributed by atoms with Crippen LogP contribution in [0.25, 0.3) is 0 Å². The molecule has 4 amide bonds. The van der Waals surface area contributed by atoms with Crippen LogP contribution in [0.2, 0.25) is 0 Å². The van der Waals surface area contributed by atoms with Gasteiger partial charge in [0, 0.05) is 50.3 Å². The normalized spacial score (nSPS) is 16.5. The Hall–Kier alpha value is -5.31. The molecule has 9 nitrogen and oxygen atoms in total. The van der Waals surface area contributed by atoms with Gasteiger partial charge < -0.3 is 21.3 Å². The SMILES string of the molecule is O=C1CCCCCc2cccc(c2)C(=O)NCc2ccc(cc2)CN1.O=C1CCCCCc2cccc(n2)C(=O)NCc2ccc(cc2)CN1. The molecular weight excluding hydrogens is 626 g/mol. The molecule has 50 heavy (non-hydrogen) atoms. The summed E-state index contributed by atoms with van der Waals surface area (Å²) in [6.45, 7) is 2.04. The van der Waals surface area contributed by atoms with E-state index in [1.165, 1.54) is 5.56 Å². The molecular formula is C41H47N5O4. The standard InChI is InChI=1S/C21H24N2O2.C20H23N3O2/c24-20-8-3-1-2-5-16-6-4-7-19(13-16)21(25)23-15-18-11-9-17(10-12-18)14-22-20;24-19-8-3-1-2-5-17-6-4-7-18(23-17)20(25)22-14-16-11-9-15(10-12-16)13-21-19/h4,6-7,9-13H,1-3,5,8,14-15H2,(H,22,24)(H,23,25);4,6-7,9-12H,1-3,5,8,13-14H2,(H,21,24)(H,22,25). The number of carbonyl (C=O) groups excluding carboxylic acids is 4. The van der Waals surface area contributed by atoms with Crippen LogP contribution in [0.5, 0.6) is 0 Å². The van der Waals surface area contributed by atoms with Gasteiger partial charge in [0.1, 0.15) is 5.69 Å². The number of hydrogen-bond acceptors (Lipinski definition) is 5. The van der Waals surface area contributed by atoms with Crippen LogP contribution in [0.1, 0.15) is 106 Å². The molecule has 3 aromatic carbocycles. The van der Waals surface area contributed by atoms with Crippen LogP contribution in [0.3, 0.4) is 0 Å². The van der Waals surface area contributed by atoms with E-state index in [0.717, 1.165) is 79.3 Å². The van der Waals surface area contributed by atoms with E-state index in [1.54, 1.807) is 6.07 Å². The third-order valence-electron chi connectivity index (χ3n) is 8.87. The van der Waals surface area contributed by atoms with E-state index in [-0.39, 0.29) is 23.6 Å². The Morgan fingerprint density at radius 3 is 1.48 bits per heavy atom. The van der Waals surface area contributed by atoms with E-state index >= 15 is 0 Å². The number of pyridine rings is 1. The highest BCUT2D eigenvalue weighted by Gasteiger charge is 2.10. The Bertz CT molecular complexity index is 1610. The van der Waals surface area contributed by atoms with Gasteiger partial charge in [0.25, 0.3) is 11.8 Å². The maximum Gasteiger partial charge on any atom is 0.270 e. The van der Waals surface area contributed by atoms with Crippen molar-refractivity contribution >= 4 is 23.6 Å². The number of amides is 4. The van der Waals surface area contributed by atoms with E-state index in [2.05, 4.69) is 32.3 Å². The molecule has 4 aliphatic heterocycles. The first-order chi connectivity index (χ1) is 24.4. The van der Waals surface area contributed by atoms with Crippen molar-refractivity contribution < 1.29 is 19.2 Å². The lowest BCUT2D eigenvalue weighted by molar-refractivity contribution is -0.122. The molecule has 4 aromatic rings. The molecule has 0 fully saturated rings. The van der Waals surface area contributed by atoms with Crippen LogP contribution in [-0.4, -0.2) is 28.6 Å². The first-order valence-electron chi connectivity index (χ1n) is 17.7. The van der Waals surface area contributed by atoms with Crippen molar-refractivity contribution in [3.8, 4) is 0 Å². The van der Waals surface area contributed by atoms with Crippen molar-refractivity contribution in [3.63, 3.8) is 0 Å². The van der Waals surface area contributed by atoms with Crippen molar-refractivity contribution in [3.05, 3.63) is 136 Å². The van der Waals surface area contributed by atoms with E-state index < -0.39 is 0 Å². The topological polar surface area (TPSA) is 129 Å².